The smallest absolute Gasteiger partial charge is 0.271 e. The largest absolute Gasteiger partial charge is 0.476 e. The minimum absolute atomic E-state index is 0.134. The van der Waals surface area contributed by atoms with Crippen molar-refractivity contribution in [3.05, 3.63) is 29.6 Å². The van der Waals surface area contributed by atoms with Gasteiger partial charge in [0.2, 0.25) is 11.4 Å². The predicted molar refractivity (Wildman–Crippen MR) is 137 cm³/mol. The quantitative estimate of drug-likeness (QED) is 0.505. The predicted octanol–water partition coefficient (Wildman–Crippen LogP) is 2.43. The summed E-state index contributed by atoms with van der Waals surface area (Å²) in [4.78, 5) is 24.2. The van der Waals surface area contributed by atoms with Gasteiger partial charge in [-0.25, -0.2) is 9.97 Å². The van der Waals surface area contributed by atoms with Crippen molar-refractivity contribution in [2.75, 3.05) is 50.1 Å². The molecule has 0 radical (unpaired) electrons. The van der Waals surface area contributed by atoms with E-state index in [1.807, 2.05) is 19.1 Å². The third kappa shape index (κ3) is 4.62. The lowest BCUT2D eigenvalue weighted by atomic mass is 10.1. The van der Waals surface area contributed by atoms with Gasteiger partial charge < -0.3 is 25.8 Å². The summed E-state index contributed by atoms with van der Waals surface area (Å²) in [6.07, 6.45) is 5.09. The van der Waals surface area contributed by atoms with Crippen LogP contribution in [0.1, 0.15) is 48.8 Å². The molecule has 0 unspecified atom stereocenters. The van der Waals surface area contributed by atoms with E-state index in [1.54, 1.807) is 0 Å². The molecule has 1 aliphatic carbocycles. The summed E-state index contributed by atoms with van der Waals surface area (Å²) in [7, 11) is 0. The Hall–Kier alpha value is -3.24. The first kappa shape index (κ1) is 23.2. The van der Waals surface area contributed by atoms with Gasteiger partial charge in [0.1, 0.15) is 0 Å². The molecule has 190 valence electrons. The van der Waals surface area contributed by atoms with Crippen molar-refractivity contribution < 1.29 is 18.8 Å². The number of nitrogens with two attached hydrogens (primary N) is 1. The molecule has 0 atom stereocenters. The molecule has 1 aromatic heterocycles. The summed E-state index contributed by atoms with van der Waals surface area (Å²) in [5, 5.41) is 6.79. The van der Waals surface area contributed by atoms with Crippen LogP contribution in [0.15, 0.2) is 18.2 Å². The topological polar surface area (TPSA) is 118 Å². The van der Waals surface area contributed by atoms with E-state index in [0.29, 0.717) is 24.7 Å². The number of nitrogens with one attached hydrogen (secondary N) is 2. The Morgan fingerprint density at radius 2 is 2.03 bits per heavy atom. The maximum Gasteiger partial charge on any atom is 0.271 e. The minimum Gasteiger partial charge on any atom is -0.476 e. The van der Waals surface area contributed by atoms with Crippen molar-refractivity contribution in [2.24, 2.45) is 5.73 Å². The van der Waals surface area contributed by atoms with E-state index in [-0.39, 0.29) is 11.7 Å². The molecule has 1 amide bonds. The molecule has 1 saturated carbocycles. The van der Waals surface area contributed by atoms with Crippen LogP contribution in [-0.2, 0) is 11.2 Å². The molecule has 4 heterocycles. The van der Waals surface area contributed by atoms with E-state index >= 15 is 0 Å². The molecule has 4 aliphatic rings. The number of aryl methyl sites for hydroxylation is 1. The van der Waals surface area contributed by atoms with E-state index < -0.39 is 5.91 Å². The number of fused-ring (bicyclic) bond motifs is 2. The number of benzene rings is 1. The average molecular weight is 493 g/mol. The van der Waals surface area contributed by atoms with Gasteiger partial charge in [0, 0.05) is 43.1 Å². The zero-order chi connectivity index (χ0) is 24.6. The van der Waals surface area contributed by atoms with Gasteiger partial charge in [0.25, 0.3) is 5.91 Å². The van der Waals surface area contributed by atoms with Crippen molar-refractivity contribution in [1.29, 1.82) is 0 Å². The van der Waals surface area contributed by atoms with Gasteiger partial charge in [-0.3, -0.25) is 9.69 Å². The van der Waals surface area contributed by atoms with Gasteiger partial charge in [-0.2, -0.15) is 4.58 Å². The SMILES string of the molecule is CCc1nc(C(N)=O)c(Nc2ccc3c(c2)OCC2=[N+]3CCN(C3CC3)C2)nc1NC1CCOCC1. The van der Waals surface area contributed by atoms with Crippen molar-refractivity contribution in [3.8, 4) is 5.75 Å². The van der Waals surface area contributed by atoms with E-state index in [9.17, 15) is 4.79 Å². The highest BCUT2D eigenvalue weighted by molar-refractivity contribution is 5.96. The monoisotopic (exact) mass is 492 g/mol. The zero-order valence-electron chi connectivity index (χ0n) is 20.8. The molecule has 1 saturated heterocycles. The summed E-state index contributed by atoms with van der Waals surface area (Å²) in [5.41, 5.74) is 9.73. The van der Waals surface area contributed by atoms with E-state index in [2.05, 4.69) is 31.2 Å². The standard InChI is InChI=1S/C26H33N7O3/c1-2-20-25(28-16-7-11-35-12-8-16)31-26(23(30-20)24(27)34)29-17-3-6-21-22(13-17)36-15-19-14-32(18-4-5-18)9-10-33(19)21/h3,6,13,16,18H,2,4-5,7-12,14-15H2,1H3,(H3-,27,28,29,31,34)/p+1. The number of aromatic nitrogens is 2. The first-order valence-corrected chi connectivity index (χ1v) is 13.0. The first-order chi connectivity index (χ1) is 17.6. The van der Waals surface area contributed by atoms with Crippen molar-refractivity contribution in [1.82, 2.24) is 14.9 Å². The van der Waals surface area contributed by atoms with Crippen molar-refractivity contribution in [3.63, 3.8) is 0 Å². The number of primary amides is 1. The normalized spacial score (nSPS) is 20.4. The van der Waals surface area contributed by atoms with Gasteiger partial charge in [0.15, 0.2) is 36.2 Å². The Balaban J connectivity index is 1.26. The number of ether oxygens (including phenoxy) is 2. The Morgan fingerprint density at radius 3 is 2.78 bits per heavy atom. The van der Waals surface area contributed by atoms with Gasteiger partial charge in [0.05, 0.1) is 18.8 Å². The molecular formula is C26H34N7O3+. The third-order valence-electron chi connectivity index (χ3n) is 7.45. The molecule has 4 N–H and O–H groups in total. The third-order valence-corrected chi connectivity index (χ3v) is 7.45. The molecule has 0 spiro atoms. The number of amides is 1. The summed E-state index contributed by atoms with van der Waals surface area (Å²) in [6.45, 7) is 7.07. The second-order valence-electron chi connectivity index (χ2n) is 9.98. The Bertz CT molecular complexity index is 1200. The molecule has 10 heteroatoms. The Kier molecular flexibility index (Phi) is 6.22. The lowest BCUT2D eigenvalue weighted by Gasteiger charge is -2.29. The van der Waals surface area contributed by atoms with Crippen LogP contribution in [0.2, 0.25) is 0 Å². The summed E-state index contributed by atoms with van der Waals surface area (Å²) in [6, 6.07) is 7.05. The molecule has 2 aromatic rings. The zero-order valence-corrected chi connectivity index (χ0v) is 20.8. The number of anilines is 3. The molecule has 2 fully saturated rings. The highest BCUT2D eigenvalue weighted by Crippen LogP contribution is 2.36. The minimum atomic E-state index is -0.612. The maximum atomic E-state index is 12.3. The van der Waals surface area contributed by atoms with Crippen LogP contribution >= 0.6 is 0 Å². The van der Waals surface area contributed by atoms with Crippen LogP contribution in [0.5, 0.6) is 5.75 Å². The van der Waals surface area contributed by atoms with E-state index in [0.717, 1.165) is 74.5 Å². The van der Waals surface area contributed by atoms with E-state index in [4.69, 9.17) is 20.2 Å². The molecule has 3 aliphatic heterocycles. The maximum absolute atomic E-state index is 12.3. The molecule has 0 bridgehead atoms. The fourth-order valence-corrected chi connectivity index (χ4v) is 5.31. The number of carbonyl (C=O) groups excluding carboxylic acids is 1. The van der Waals surface area contributed by atoms with Crippen LogP contribution in [0.4, 0.5) is 23.0 Å². The number of rotatable bonds is 7. The molecule has 36 heavy (non-hydrogen) atoms. The van der Waals surface area contributed by atoms with E-state index in [1.165, 1.54) is 18.6 Å². The molecule has 6 rings (SSSR count). The second-order valence-corrected chi connectivity index (χ2v) is 9.98. The molecule has 1 aromatic carbocycles. The highest BCUT2D eigenvalue weighted by Gasteiger charge is 2.38. The lowest BCUT2D eigenvalue weighted by Crippen LogP contribution is -2.47. The molecule has 10 nitrogen and oxygen atoms in total. The number of carbonyl (C=O) groups is 1. The lowest BCUT2D eigenvalue weighted by molar-refractivity contribution is -0.455. The fraction of sp³-hybridized carbons (Fsp3) is 0.538. The fourth-order valence-electron chi connectivity index (χ4n) is 5.31. The first-order valence-electron chi connectivity index (χ1n) is 13.0. The Labute approximate surface area is 210 Å². The second kappa shape index (κ2) is 9.67. The van der Waals surface area contributed by atoms with Gasteiger partial charge in [-0.1, -0.05) is 6.92 Å². The van der Waals surface area contributed by atoms with Gasteiger partial charge in [-0.15, -0.1) is 0 Å². The van der Waals surface area contributed by atoms with Crippen LogP contribution < -0.4 is 21.1 Å². The van der Waals surface area contributed by atoms with Gasteiger partial charge in [-0.05, 0) is 38.2 Å². The van der Waals surface area contributed by atoms with Crippen LogP contribution in [-0.4, -0.2) is 82.6 Å². The summed E-state index contributed by atoms with van der Waals surface area (Å²) >= 11 is 0. The van der Waals surface area contributed by atoms with Gasteiger partial charge >= 0.3 is 0 Å². The van der Waals surface area contributed by atoms with Crippen molar-refractivity contribution in [2.45, 2.75) is 51.1 Å². The Morgan fingerprint density at radius 1 is 1.19 bits per heavy atom. The van der Waals surface area contributed by atoms with Crippen molar-refractivity contribution >= 4 is 34.6 Å². The summed E-state index contributed by atoms with van der Waals surface area (Å²) in [5.74, 6) is 1.23. The number of hydrogen-bond acceptors (Lipinski definition) is 8. The highest BCUT2D eigenvalue weighted by atomic mass is 16.5. The molecular weight excluding hydrogens is 458 g/mol. The average Bonchev–Trinajstić information content (AvgIpc) is 3.74. The summed E-state index contributed by atoms with van der Waals surface area (Å²) < 4.78 is 14.0. The van der Waals surface area contributed by atoms with Crippen LogP contribution in [0.25, 0.3) is 0 Å². The number of nitrogens with zero attached hydrogens (tertiary/aromatic N) is 4. The number of hydrogen-bond donors (Lipinski definition) is 3. The van der Waals surface area contributed by atoms with Crippen LogP contribution in [0, 0.1) is 0 Å². The van der Waals surface area contributed by atoms with Crippen LogP contribution in [0.3, 0.4) is 0 Å².